The lowest BCUT2D eigenvalue weighted by Crippen LogP contribution is -2.10. The highest BCUT2D eigenvalue weighted by Gasteiger charge is 2.26. The van der Waals surface area contributed by atoms with Crippen LogP contribution in [-0.2, 0) is 7.05 Å². The normalized spacial score (nSPS) is 11.6. The van der Waals surface area contributed by atoms with Gasteiger partial charge >= 0.3 is 11.9 Å². The minimum Gasteiger partial charge on any atom is -0.365 e. The Morgan fingerprint density at radius 2 is 2.05 bits per heavy atom. The second kappa shape index (κ2) is 5.89. The zero-order valence-electron chi connectivity index (χ0n) is 10.6. The fraction of sp³-hybridized carbons (Fsp3) is 0.700. The number of aromatic nitrogens is 2. The van der Waals surface area contributed by atoms with Gasteiger partial charge in [-0.15, -0.1) is 0 Å². The van der Waals surface area contributed by atoms with Gasteiger partial charge in [-0.3, -0.25) is 10.1 Å². The first-order valence-corrected chi connectivity index (χ1v) is 5.71. The summed E-state index contributed by atoms with van der Waals surface area (Å²) in [5, 5.41) is 17.5. The third-order valence-corrected chi connectivity index (χ3v) is 2.55. The van der Waals surface area contributed by atoms with Crippen LogP contribution in [0, 0.1) is 17.0 Å². The number of unbranched alkanes of at least 4 members (excludes halogenated alkanes) is 1. The monoisotopic (exact) mass is 280 g/mol. The highest BCUT2D eigenvalue weighted by molar-refractivity contribution is 5.59. The van der Waals surface area contributed by atoms with Crippen LogP contribution >= 0.6 is 0 Å². The molecular formula is C10H15F3N4O2. The minimum atomic E-state index is -4.16. The van der Waals surface area contributed by atoms with Gasteiger partial charge in [0.2, 0.25) is 5.82 Å². The largest absolute Gasteiger partial charge is 0.389 e. The number of hydrogen-bond donors (Lipinski definition) is 1. The van der Waals surface area contributed by atoms with Crippen LogP contribution in [0.5, 0.6) is 0 Å². The molecule has 19 heavy (non-hydrogen) atoms. The van der Waals surface area contributed by atoms with E-state index >= 15 is 0 Å². The van der Waals surface area contributed by atoms with E-state index in [1.54, 1.807) is 0 Å². The molecule has 0 radical (unpaired) electrons. The summed E-state index contributed by atoms with van der Waals surface area (Å²) in [7, 11) is 1.54. The van der Waals surface area contributed by atoms with E-state index in [0.29, 0.717) is 0 Å². The van der Waals surface area contributed by atoms with Crippen molar-refractivity contribution in [3.8, 4) is 0 Å². The number of anilines is 1. The number of alkyl halides is 3. The molecule has 108 valence electrons. The summed E-state index contributed by atoms with van der Waals surface area (Å²) in [6, 6.07) is 0. The zero-order chi connectivity index (χ0) is 14.6. The van der Waals surface area contributed by atoms with E-state index in [0.717, 1.165) is 0 Å². The molecule has 0 atom stereocenters. The average Bonchev–Trinajstić information content (AvgIpc) is 2.51. The lowest BCUT2D eigenvalue weighted by molar-refractivity contribution is -0.384. The lowest BCUT2D eigenvalue weighted by atomic mass is 10.2. The van der Waals surface area contributed by atoms with E-state index < -0.39 is 17.5 Å². The molecule has 0 aliphatic rings. The molecule has 6 nitrogen and oxygen atoms in total. The van der Waals surface area contributed by atoms with E-state index in [1.165, 1.54) is 18.7 Å². The van der Waals surface area contributed by atoms with Crippen molar-refractivity contribution in [1.82, 2.24) is 9.78 Å². The number of hydrogen-bond acceptors (Lipinski definition) is 4. The molecule has 0 unspecified atom stereocenters. The average molecular weight is 280 g/mol. The molecule has 0 amide bonds. The van der Waals surface area contributed by atoms with Gasteiger partial charge in [0.05, 0.1) is 4.92 Å². The van der Waals surface area contributed by atoms with Gasteiger partial charge < -0.3 is 5.32 Å². The van der Waals surface area contributed by atoms with Crippen molar-refractivity contribution >= 4 is 11.5 Å². The minimum absolute atomic E-state index is 0.0128. The van der Waals surface area contributed by atoms with Gasteiger partial charge in [0, 0.05) is 20.0 Å². The Bertz CT molecular complexity index is 456. The molecule has 1 N–H and O–H groups in total. The summed E-state index contributed by atoms with van der Waals surface area (Å²) in [6.07, 6.45) is -4.74. The van der Waals surface area contributed by atoms with Crippen molar-refractivity contribution in [3.63, 3.8) is 0 Å². The van der Waals surface area contributed by atoms with Gasteiger partial charge in [0.1, 0.15) is 5.69 Å². The maximum Gasteiger partial charge on any atom is 0.389 e. The highest BCUT2D eigenvalue weighted by atomic mass is 19.4. The number of nitrogens with one attached hydrogen (secondary N) is 1. The van der Waals surface area contributed by atoms with Crippen LogP contribution in [-0.4, -0.2) is 27.4 Å². The zero-order valence-corrected chi connectivity index (χ0v) is 10.6. The number of nitro groups is 1. The Hall–Kier alpha value is -1.80. The van der Waals surface area contributed by atoms with Crippen molar-refractivity contribution in [2.75, 3.05) is 11.9 Å². The molecule has 0 spiro atoms. The highest BCUT2D eigenvalue weighted by Crippen LogP contribution is 2.27. The Morgan fingerprint density at radius 1 is 1.42 bits per heavy atom. The van der Waals surface area contributed by atoms with Gasteiger partial charge in [0.25, 0.3) is 0 Å². The van der Waals surface area contributed by atoms with Gasteiger partial charge in [0.15, 0.2) is 0 Å². The summed E-state index contributed by atoms with van der Waals surface area (Å²) in [5.74, 6) is 0.217. The Labute approximate surface area is 107 Å². The van der Waals surface area contributed by atoms with Crippen molar-refractivity contribution in [3.05, 3.63) is 15.8 Å². The summed E-state index contributed by atoms with van der Waals surface area (Å²) < 4.78 is 37.1. The summed E-state index contributed by atoms with van der Waals surface area (Å²) in [4.78, 5) is 10.3. The van der Waals surface area contributed by atoms with Crippen molar-refractivity contribution in [2.45, 2.75) is 32.4 Å². The molecule has 0 aromatic carbocycles. The van der Waals surface area contributed by atoms with Crippen LogP contribution in [0.3, 0.4) is 0 Å². The van der Waals surface area contributed by atoms with Crippen LogP contribution in [0.4, 0.5) is 24.7 Å². The van der Waals surface area contributed by atoms with Gasteiger partial charge in [-0.25, -0.2) is 4.68 Å². The SMILES string of the molecule is Cc1nn(C)c(NCCCCC(F)(F)F)c1[N+](=O)[O-]. The molecule has 0 saturated carbocycles. The molecule has 1 rings (SSSR count). The quantitative estimate of drug-likeness (QED) is 0.494. The first kappa shape index (κ1) is 15.3. The molecule has 0 aliphatic carbocycles. The second-order valence-electron chi connectivity index (χ2n) is 4.16. The molecule has 1 aromatic rings. The van der Waals surface area contributed by atoms with E-state index in [4.69, 9.17) is 0 Å². The molecule has 1 aromatic heterocycles. The topological polar surface area (TPSA) is 73.0 Å². The molecule has 1 heterocycles. The number of halogens is 3. The molecule has 0 aliphatic heterocycles. The smallest absolute Gasteiger partial charge is 0.365 e. The molecule has 0 saturated heterocycles. The van der Waals surface area contributed by atoms with E-state index in [2.05, 4.69) is 10.4 Å². The third kappa shape index (κ3) is 4.42. The van der Waals surface area contributed by atoms with Crippen LogP contribution in [0.25, 0.3) is 0 Å². The predicted octanol–water partition coefficient (Wildman–Crippen LogP) is 2.78. The summed E-state index contributed by atoms with van der Waals surface area (Å²) >= 11 is 0. The van der Waals surface area contributed by atoms with Crippen LogP contribution in [0.2, 0.25) is 0 Å². The van der Waals surface area contributed by atoms with Crippen molar-refractivity contribution in [1.29, 1.82) is 0 Å². The first-order valence-electron chi connectivity index (χ1n) is 5.71. The number of rotatable bonds is 6. The third-order valence-electron chi connectivity index (χ3n) is 2.55. The molecular weight excluding hydrogens is 265 g/mol. The van der Waals surface area contributed by atoms with E-state index in [1.807, 2.05) is 0 Å². The molecule has 9 heteroatoms. The van der Waals surface area contributed by atoms with Crippen molar-refractivity contribution < 1.29 is 18.1 Å². The van der Waals surface area contributed by atoms with Gasteiger partial charge in [-0.05, 0) is 19.8 Å². The van der Waals surface area contributed by atoms with Crippen LogP contribution in [0.15, 0.2) is 0 Å². The number of nitrogens with zero attached hydrogens (tertiary/aromatic N) is 3. The fourth-order valence-electron chi connectivity index (χ4n) is 1.72. The van der Waals surface area contributed by atoms with E-state index in [-0.39, 0.29) is 36.6 Å². The van der Waals surface area contributed by atoms with Gasteiger partial charge in [-0.2, -0.15) is 18.3 Å². The summed E-state index contributed by atoms with van der Waals surface area (Å²) in [5.41, 5.74) is 0.128. The van der Waals surface area contributed by atoms with Crippen molar-refractivity contribution in [2.24, 2.45) is 7.05 Å². The summed E-state index contributed by atoms with van der Waals surface area (Å²) in [6.45, 7) is 1.74. The molecule has 0 bridgehead atoms. The van der Waals surface area contributed by atoms with Crippen LogP contribution in [0.1, 0.15) is 25.0 Å². The second-order valence-corrected chi connectivity index (χ2v) is 4.16. The first-order chi connectivity index (χ1) is 8.72. The lowest BCUT2D eigenvalue weighted by Gasteiger charge is -2.07. The molecule has 0 fully saturated rings. The van der Waals surface area contributed by atoms with Crippen LogP contribution < -0.4 is 5.32 Å². The Morgan fingerprint density at radius 3 is 2.58 bits per heavy atom. The predicted molar refractivity (Wildman–Crippen MR) is 63.0 cm³/mol. The number of aryl methyl sites for hydroxylation is 2. The fourth-order valence-corrected chi connectivity index (χ4v) is 1.72. The maximum absolute atomic E-state index is 11.9. The Kier molecular flexibility index (Phi) is 4.73. The van der Waals surface area contributed by atoms with E-state index in [9.17, 15) is 23.3 Å². The van der Waals surface area contributed by atoms with Gasteiger partial charge in [-0.1, -0.05) is 0 Å². The maximum atomic E-state index is 11.9. The Balaban J connectivity index is 2.52. The standard InChI is InChI=1S/C10H15F3N4O2/c1-7-8(17(18)19)9(16(2)15-7)14-6-4-3-5-10(11,12)13/h14H,3-6H2,1-2H3.